The number of hydrogen-bond acceptors (Lipinski definition) is 4. The number of H-pyrrole nitrogens is 1. The van der Waals surface area contributed by atoms with E-state index >= 15 is 0 Å². The molecule has 0 spiro atoms. The van der Waals surface area contributed by atoms with Crippen molar-refractivity contribution in [1.29, 1.82) is 0 Å². The number of aromatic nitrogens is 2. The number of rotatable bonds is 6. The number of imidazole rings is 1. The van der Waals surface area contributed by atoms with Crippen LogP contribution in [-0.2, 0) is 13.0 Å². The number of benzene rings is 3. The Morgan fingerprint density at radius 3 is 2.31 bits per heavy atom. The van der Waals surface area contributed by atoms with Crippen LogP contribution in [0.4, 0.5) is 0 Å². The minimum Gasteiger partial charge on any atom is -0.366 e. The van der Waals surface area contributed by atoms with Crippen LogP contribution in [0.25, 0.3) is 23.0 Å². The lowest BCUT2D eigenvalue weighted by Crippen LogP contribution is -2.30. The van der Waals surface area contributed by atoms with E-state index < -0.39 is 11.8 Å². The van der Waals surface area contributed by atoms with E-state index in [1.54, 1.807) is 18.2 Å². The van der Waals surface area contributed by atoms with Gasteiger partial charge < -0.3 is 21.4 Å². The van der Waals surface area contributed by atoms with Crippen molar-refractivity contribution in [2.45, 2.75) is 13.0 Å². The summed E-state index contributed by atoms with van der Waals surface area (Å²) >= 11 is 0. The molecule has 1 aliphatic heterocycles. The number of nitrogens with two attached hydrogens (primary N) is 2. The zero-order valence-electron chi connectivity index (χ0n) is 19.1. The van der Waals surface area contributed by atoms with Crippen molar-refractivity contribution >= 4 is 23.6 Å². The first kappa shape index (κ1) is 22.2. The summed E-state index contributed by atoms with van der Waals surface area (Å²) in [5, 5.41) is 0. The first-order valence-corrected chi connectivity index (χ1v) is 11.4. The van der Waals surface area contributed by atoms with Crippen LogP contribution in [0.2, 0.25) is 0 Å². The van der Waals surface area contributed by atoms with Crippen LogP contribution in [0, 0.1) is 0 Å². The van der Waals surface area contributed by atoms with Gasteiger partial charge in [-0.05, 0) is 53.5 Å². The summed E-state index contributed by atoms with van der Waals surface area (Å²) in [7, 11) is 0. The lowest BCUT2D eigenvalue weighted by atomic mass is 9.96. The fourth-order valence-corrected chi connectivity index (χ4v) is 4.33. The van der Waals surface area contributed by atoms with Gasteiger partial charge in [-0.3, -0.25) is 9.59 Å². The molecule has 3 aromatic carbocycles. The quantitative estimate of drug-likeness (QED) is 0.403. The molecule has 5 rings (SSSR count). The predicted octanol–water partition coefficient (Wildman–Crippen LogP) is 3.83. The molecule has 0 bridgehead atoms. The van der Waals surface area contributed by atoms with Crippen molar-refractivity contribution in [3.8, 4) is 11.3 Å². The highest BCUT2D eigenvalue weighted by Crippen LogP contribution is 2.29. The summed E-state index contributed by atoms with van der Waals surface area (Å²) in [6, 6.07) is 22.9. The molecule has 0 radical (unpaired) electrons. The molecule has 5 N–H and O–H groups in total. The maximum absolute atomic E-state index is 11.6. The van der Waals surface area contributed by atoms with E-state index in [9.17, 15) is 9.59 Å². The predicted molar refractivity (Wildman–Crippen MR) is 136 cm³/mol. The van der Waals surface area contributed by atoms with Gasteiger partial charge in [0.1, 0.15) is 0 Å². The third-order valence-electron chi connectivity index (χ3n) is 6.23. The number of nitrogens with one attached hydrogen (secondary N) is 1. The van der Waals surface area contributed by atoms with Crippen LogP contribution in [0.3, 0.4) is 0 Å². The molecule has 4 aromatic rings. The zero-order chi connectivity index (χ0) is 24.4. The highest BCUT2D eigenvalue weighted by molar-refractivity contribution is 5.93. The topological polar surface area (TPSA) is 118 Å². The van der Waals surface area contributed by atoms with Gasteiger partial charge in [0.05, 0.1) is 11.4 Å². The second kappa shape index (κ2) is 9.30. The van der Waals surface area contributed by atoms with Gasteiger partial charge in [0, 0.05) is 36.0 Å². The number of carbonyl (C=O) groups is 2. The molecule has 0 fully saturated rings. The van der Waals surface area contributed by atoms with Gasteiger partial charge in [0.15, 0.2) is 5.82 Å². The molecule has 7 nitrogen and oxygen atoms in total. The van der Waals surface area contributed by atoms with E-state index in [2.05, 4.69) is 28.1 Å². The van der Waals surface area contributed by atoms with Crippen LogP contribution in [0.15, 0.2) is 79.0 Å². The summed E-state index contributed by atoms with van der Waals surface area (Å²) in [4.78, 5) is 33.5. The second-order valence-corrected chi connectivity index (χ2v) is 8.54. The number of fused-ring (bicyclic) bond motifs is 1. The van der Waals surface area contributed by atoms with Gasteiger partial charge >= 0.3 is 0 Å². The number of hydrogen-bond donors (Lipinski definition) is 3. The molecule has 1 aromatic heterocycles. The third-order valence-corrected chi connectivity index (χ3v) is 6.23. The fraction of sp³-hybridized carbons (Fsp3) is 0.107. The number of primary amides is 2. The molecule has 0 aliphatic carbocycles. The summed E-state index contributed by atoms with van der Waals surface area (Å²) in [6.45, 7) is 1.47. The SMILES string of the molecule is NC(=O)c1ccc(-c2c[nH]c(C(=Cc3ccccc3)N3CCc4cc(C(N)=O)ccc4C3)n2)cc1. The molecule has 2 amide bonds. The van der Waals surface area contributed by atoms with Crippen LogP contribution >= 0.6 is 0 Å². The van der Waals surface area contributed by atoms with E-state index in [4.69, 9.17) is 16.5 Å². The Hall–Kier alpha value is -4.65. The maximum atomic E-state index is 11.6. The number of carbonyl (C=O) groups excluding carboxylic acids is 2. The van der Waals surface area contributed by atoms with E-state index in [0.717, 1.165) is 52.4 Å². The zero-order valence-corrected chi connectivity index (χ0v) is 19.1. The van der Waals surface area contributed by atoms with Crippen molar-refractivity contribution < 1.29 is 9.59 Å². The summed E-state index contributed by atoms with van der Waals surface area (Å²) < 4.78 is 0. The van der Waals surface area contributed by atoms with E-state index in [-0.39, 0.29) is 0 Å². The lowest BCUT2D eigenvalue weighted by Gasteiger charge is -2.32. The Bertz CT molecular complexity index is 1420. The Balaban J connectivity index is 1.49. The summed E-state index contributed by atoms with van der Waals surface area (Å²) in [5.41, 5.74) is 17.8. The first-order chi connectivity index (χ1) is 17.0. The third kappa shape index (κ3) is 4.70. The van der Waals surface area contributed by atoms with Gasteiger partial charge in [0.2, 0.25) is 11.8 Å². The van der Waals surface area contributed by atoms with Gasteiger partial charge in [-0.1, -0.05) is 48.5 Å². The Morgan fingerprint density at radius 1 is 0.886 bits per heavy atom. The molecule has 0 saturated heterocycles. The van der Waals surface area contributed by atoms with Crippen LogP contribution in [0.5, 0.6) is 0 Å². The van der Waals surface area contributed by atoms with Crippen LogP contribution < -0.4 is 11.5 Å². The van der Waals surface area contributed by atoms with Gasteiger partial charge in [-0.2, -0.15) is 0 Å². The highest BCUT2D eigenvalue weighted by Gasteiger charge is 2.22. The van der Waals surface area contributed by atoms with E-state index in [1.165, 1.54) is 0 Å². The van der Waals surface area contributed by atoms with Crippen molar-refractivity contribution in [1.82, 2.24) is 14.9 Å². The monoisotopic (exact) mass is 463 g/mol. The molecule has 35 heavy (non-hydrogen) atoms. The van der Waals surface area contributed by atoms with Gasteiger partial charge in [-0.25, -0.2) is 4.98 Å². The normalized spacial score (nSPS) is 13.4. The second-order valence-electron chi connectivity index (χ2n) is 8.54. The first-order valence-electron chi connectivity index (χ1n) is 11.4. The molecule has 7 heteroatoms. The highest BCUT2D eigenvalue weighted by atomic mass is 16.1. The average Bonchev–Trinajstić information content (AvgIpc) is 3.37. The Kier molecular flexibility index (Phi) is 5.89. The van der Waals surface area contributed by atoms with Crippen molar-refractivity contribution in [2.24, 2.45) is 11.5 Å². The minimum atomic E-state index is -0.458. The summed E-state index contributed by atoms with van der Waals surface area (Å²) in [6.07, 6.45) is 4.79. The maximum Gasteiger partial charge on any atom is 0.248 e. The Morgan fingerprint density at radius 2 is 1.60 bits per heavy atom. The van der Waals surface area contributed by atoms with E-state index in [0.29, 0.717) is 17.7 Å². The molecular formula is C28H25N5O2. The molecule has 1 aliphatic rings. The molecular weight excluding hydrogens is 438 g/mol. The molecule has 174 valence electrons. The van der Waals surface area contributed by atoms with Crippen molar-refractivity contribution in [3.63, 3.8) is 0 Å². The number of nitrogens with zero attached hydrogens (tertiary/aromatic N) is 2. The molecule has 0 unspecified atom stereocenters. The van der Waals surface area contributed by atoms with Crippen LogP contribution in [0.1, 0.15) is 43.2 Å². The molecule has 0 saturated carbocycles. The van der Waals surface area contributed by atoms with Gasteiger partial charge in [0.25, 0.3) is 0 Å². The van der Waals surface area contributed by atoms with E-state index in [1.807, 2.05) is 48.7 Å². The number of aromatic amines is 1. The standard InChI is InChI=1S/C28H25N5O2/c29-26(34)20-8-6-19(7-9-20)24-16-31-28(32-24)25(14-18-4-2-1-3-5-18)33-13-12-21-15-22(27(30)35)10-11-23(21)17-33/h1-11,14-16H,12-13,17H2,(H2,29,34)(H2,30,35)(H,31,32). The largest absolute Gasteiger partial charge is 0.366 e. The Labute approximate surface area is 203 Å². The van der Waals surface area contributed by atoms with Crippen LogP contribution in [-0.4, -0.2) is 33.2 Å². The summed E-state index contributed by atoms with van der Waals surface area (Å²) in [5.74, 6) is -0.118. The molecule has 0 atom stereocenters. The smallest absolute Gasteiger partial charge is 0.248 e. The molecule has 2 heterocycles. The number of amides is 2. The van der Waals surface area contributed by atoms with Gasteiger partial charge in [-0.15, -0.1) is 0 Å². The van der Waals surface area contributed by atoms with Crippen molar-refractivity contribution in [3.05, 3.63) is 113 Å². The average molecular weight is 464 g/mol. The minimum absolute atomic E-state index is 0.410. The fourth-order valence-electron chi connectivity index (χ4n) is 4.33. The lowest BCUT2D eigenvalue weighted by molar-refractivity contribution is 0.0991. The van der Waals surface area contributed by atoms with Crippen molar-refractivity contribution in [2.75, 3.05) is 6.54 Å².